The highest BCUT2D eigenvalue weighted by atomic mass is 19.1. The normalized spacial score (nSPS) is 12.9. The highest BCUT2D eigenvalue weighted by Gasteiger charge is 2.20. The summed E-state index contributed by atoms with van der Waals surface area (Å²) in [6.07, 6.45) is 7.47. The Morgan fingerprint density at radius 3 is 2.88 bits per heavy atom. The zero-order chi connectivity index (χ0) is 17.8. The average molecular weight is 346 g/mol. The Bertz CT molecular complexity index is 1160. The van der Waals surface area contributed by atoms with E-state index in [9.17, 15) is 4.39 Å². The molecule has 3 aromatic heterocycles. The average Bonchev–Trinajstić information content (AvgIpc) is 3.28. The van der Waals surface area contributed by atoms with Crippen molar-refractivity contribution in [2.24, 2.45) is 0 Å². The third kappa shape index (κ3) is 2.24. The summed E-state index contributed by atoms with van der Waals surface area (Å²) in [5.74, 6) is 1.26. The van der Waals surface area contributed by atoms with Gasteiger partial charge < -0.3 is 4.57 Å². The maximum absolute atomic E-state index is 13.4. The second-order valence-corrected chi connectivity index (χ2v) is 6.44. The van der Waals surface area contributed by atoms with Crippen molar-refractivity contribution in [3.63, 3.8) is 0 Å². The lowest BCUT2D eigenvalue weighted by molar-refractivity contribution is 0.625. The molecule has 5 rings (SSSR count). The van der Waals surface area contributed by atoms with Crippen molar-refractivity contribution in [3.8, 4) is 11.4 Å². The summed E-state index contributed by atoms with van der Waals surface area (Å²) in [7, 11) is 0. The zero-order valence-corrected chi connectivity index (χ0v) is 14.3. The van der Waals surface area contributed by atoms with E-state index in [-0.39, 0.29) is 5.82 Å². The maximum atomic E-state index is 13.4. The first-order valence-corrected chi connectivity index (χ1v) is 8.31. The van der Waals surface area contributed by atoms with Gasteiger partial charge >= 0.3 is 0 Å². The molecule has 1 aliphatic rings. The number of rotatable bonds is 2. The summed E-state index contributed by atoms with van der Waals surface area (Å²) >= 11 is 0. The van der Waals surface area contributed by atoms with Crippen molar-refractivity contribution in [2.75, 3.05) is 0 Å². The number of fused-ring (bicyclic) bond motifs is 4. The van der Waals surface area contributed by atoms with Crippen LogP contribution in [0.4, 0.5) is 4.39 Å². The van der Waals surface area contributed by atoms with Gasteiger partial charge in [0.1, 0.15) is 11.6 Å². The summed E-state index contributed by atoms with van der Waals surface area (Å²) < 4.78 is 17.2. The van der Waals surface area contributed by atoms with Crippen LogP contribution in [-0.4, -0.2) is 29.1 Å². The van der Waals surface area contributed by atoms with Gasteiger partial charge in [-0.3, -0.25) is 4.98 Å². The number of aromatic nitrogens is 6. The van der Waals surface area contributed by atoms with Crippen LogP contribution in [0.5, 0.6) is 0 Å². The minimum Gasteiger partial charge on any atom is -0.326 e. The molecule has 1 aliphatic heterocycles. The van der Waals surface area contributed by atoms with Crippen LogP contribution in [0.1, 0.15) is 28.5 Å². The molecule has 0 radical (unpaired) electrons. The van der Waals surface area contributed by atoms with Crippen LogP contribution < -0.4 is 0 Å². The van der Waals surface area contributed by atoms with E-state index in [1.54, 1.807) is 22.8 Å². The predicted molar refractivity (Wildman–Crippen MR) is 95.9 cm³/mol. The Kier molecular flexibility index (Phi) is 3.06. The maximum Gasteiger partial charge on any atom is 0.177 e. The summed E-state index contributed by atoms with van der Waals surface area (Å²) in [4.78, 5) is 13.5. The summed E-state index contributed by atoms with van der Waals surface area (Å²) in [6, 6.07) is 4.82. The van der Waals surface area contributed by atoms with Crippen LogP contribution in [0.3, 0.4) is 0 Å². The van der Waals surface area contributed by atoms with Crippen LogP contribution in [0.15, 0.2) is 30.6 Å². The molecule has 4 heterocycles. The minimum absolute atomic E-state index is 0.215. The first kappa shape index (κ1) is 14.9. The number of benzene rings is 1. The fourth-order valence-corrected chi connectivity index (χ4v) is 3.29. The topological polar surface area (TPSA) is 60.9 Å². The molecule has 0 saturated heterocycles. The highest BCUT2D eigenvalue weighted by molar-refractivity contribution is 5.70. The van der Waals surface area contributed by atoms with Gasteiger partial charge in [0, 0.05) is 24.5 Å². The quantitative estimate of drug-likeness (QED) is 0.492. The Labute approximate surface area is 148 Å². The molecule has 0 spiro atoms. The number of hydrogen-bond acceptors (Lipinski definition) is 4. The standard InChI is InChI=1S/C19H15FN6/c1-11-8-21-12(2)18-23-17(24-26(11)18)6-4-15-10-25-9-13-7-14(20)3-5-16(13)19(25)22-15/h3-8,10H,9H2,1-2H3/b6-4+. The minimum atomic E-state index is -0.215. The van der Waals surface area contributed by atoms with Gasteiger partial charge in [0.05, 0.1) is 17.1 Å². The summed E-state index contributed by atoms with van der Waals surface area (Å²) in [5, 5.41) is 4.50. The first-order chi connectivity index (χ1) is 12.6. The largest absolute Gasteiger partial charge is 0.326 e. The highest BCUT2D eigenvalue weighted by Crippen LogP contribution is 2.31. The molecule has 0 amide bonds. The Hall–Kier alpha value is -3.35. The number of hydrogen-bond donors (Lipinski definition) is 0. The van der Waals surface area contributed by atoms with Gasteiger partial charge in [0.25, 0.3) is 0 Å². The summed E-state index contributed by atoms with van der Waals surface area (Å²) in [5.41, 5.74) is 5.29. The molecule has 0 aliphatic carbocycles. The molecule has 128 valence electrons. The van der Waals surface area contributed by atoms with Crippen LogP contribution in [0.25, 0.3) is 29.2 Å². The molecule has 0 bridgehead atoms. The van der Waals surface area contributed by atoms with Crippen LogP contribution in [0.2, 0.25) is 0 Å². The van der Waals surface area contributed by atoms with Gasteiger partial charge in [-0.25, -0.2) is 18.9 Å². The van der Waals surface area contributed by atoms with E-state index in [1.165, 1.54) is 6.07 Å². The van der Waals surface area contributed by atoms with E-state index in [0.717, 1.165) is 39.7 Å². The summed E-state index contributed by atoms with van der Waals surface area (Å²) in [6.45, 7) is 4.50. The fourth-order valence-electron chi connectivity index (χ4n) is 3.29. The molecule has 1 aromatic carbocycles. The van der Waals surface area contributed by atoms with Gasteiger partial charge in [-0.1, -0.05) is 0 Å². The van der Waals surface area contributed by atoms with Gasteiger partial charge in [0.2, 0.25) is 0 Å². The molecule has 0 saturated carbocycles. The third-order valence-electron chi connectivity index (χ3n) is 4.57. The van der Waals surface area contributed by atoms with Gasteiger partial charge in [0.15, 0.2) is 11.5 Å². The van der Waals surface area contributed by atoms with Crippen LogP contribution in [0, 0.1) is 19.7 Å². The molecule has 4 aromatic rings. The second-order valence-electron chi connectivity index (χ2n) is 6.44. The van der Waals surface area contributed by atoms with Gasteiger partial charge in [-0.15, -0.1) is 5.10 Å². The zero-order valence-electron chi connectivity index (χ0n) is 14.3. The van der Waals surface area contributed by atoms with Gasteiger partial charge in [-0.2, -0.15) is 0 Å². The fraction of sp³-hybridized carbons (Fsp3) is 0.158. The monoisotopic (exact) mass is 346 g/mol. The first-order valence-electron chi connectivity index (χ1n) is 8.31. The van der Waals surface area contributed by atoms with E-state index in [2.05, 4.69) is 20.1 Å². The molecule has 26 heavy (non-hydrogen) atoms. The Morgan fingerprint density at radius 1 is 1.15 bits per heavy atom. The number of aryl methyl sites for hydroxylation is 2. The van der Waals surface area contributed by atoms with E-state index in [1.807, 2.05) is 36.8 Å². The number of halogens is 1. The van der Waals surface area contributed by atoms with E-state index in [4.69, 9.17) is 0 Å². The van der Waals surface area contributed by atoms with Crippen molar-refractivity contribution < 1.29 is 4.39 Å². The molecular formula is C19H15FN6. The molecule has 0 unspecified atom stereocenters. The van der Waals surface area contributed by atoms with E-state index in [0.29, 0.717) is 12.4 Å². The van der Waals surface area contributed by atoms with E-state index >= 15 is 0 Å². The molecule has 0 fully saturated rings. The Morgan fingerprint density at radius 2 is 2.04 bits per heavy atom. The van der Waals surface area contributed by atoms with Gasteiger partial charge in [-0.05, 0) is 49.8 Å². The number of nitrogens with zero attached hydrogens (tertiary/aromatic N) is 6. The molecular weight excluding hydrogens is 331 g/mol. The molecule has 7 heteroatoms. The van der Waals surface area contributed by atoms with Crippen molar-refractivity contribution in [1.29, 1.82) is 0 Å². The lowest BCUT2D eigenvalue weighted by Gasteiger charge is -1.97. The SMILES string of the molecule is Cc1ncc(C)n2nc(/C=C/c3cn4c(n3)-c3ccc(F)cc3C4)nc12. The Balaban J connectivity index is 1.48. The third-order valence-corrected chi connectivity index (χ3v) is 4.57. The predicted octanol–water partition coefficient (Wildman–Crippen LogP) is 3.28. The van der Waals surface area contributed by atoms with Crippen LogP contribution in [-0.2, 0) is 6.54 Å². The van der Waals surface area contributed by atoms with E-state index < -0.39 is 0 Å². The molecule has 0 N–H and O–H groups in total. The smallest absolute Gasteiger partial charge is 0.177 e. The van der Waals surface area contributed by atoms with Crippen LogP contribution >= 0.6 is 0 Å². The van der Waals surface area contributed by atoms with Crippen molar-refractivity contribution in [1.82, 2.24) is 29.1 Å². The van der Waals surface area contributed by atoms with Crippen molar-refractivity contribution >= 4 is 17.8 Å². The lowest BCUT2D eigenvalue weighted by Crippen LogP contribution is -1.97. The second kappa shape index (κ2) is 5.32. The molecule has 0 atom stereocenters. The van der Waals surface area contributed by atoms with Crippen molar-refractivity contribution in [2.45, 2.75) is 20.4 Å². The number of imidazole rings is 1. The lowest BCUT2D eigenvalue weighted by atomic mass is 10.1. The molecule has 6 nitrogen and oxygen atoms in total. The van der Waals surface area contributed by atoms with Crippen molar-refractivity contribution in [3.05, 3.63) is 64.9 Å².